The molecule has 1 aliphatic heterocycles. The first-order valence-corrected chi connectivity index (χ1v) is 10.3. The summed E-state index contributed by atoms with van der Waals surface area (Å²) in [7, 11) is 0. The monoisotopic (exact) mass is 385 g/mol. The molecule has 1 saturated heterocycles. The molecule has 0 saturated carbocycles. The van der Waals surface area contributed by atoms with Crippen molar-refractivity contribution in [3.63, 3.8) is 0 Å². The smallest absolute Gasteiger partial charge is 0.253 e. The quantitative estimate of drug-likeness (QED) is 0.706. The lowest BCUT2D eigenvalue weighted by atomic mass is 10.0. The molecule has 2 heterocycles. The second kappa shape index (κ2) is 9.01. The molecule has 0 atom stereocenters. The number of carbonyl (C=O) groups is 1. The lowest BCUT2D eigenvalue weighted by Gasteiger charge is -2.32. The van der Waals surface area contributed by atoms with Gasteiger partial charge in [0.1, 0.15) is 0 Å². The summed E-state index contributed by atoms with van der Waals surface area (Å²) in [5.41, 5.74) is 4.74. The fourth-order valence-electron chi connectivity index (χ4n) is 3.91. The molecule has 4 nitrogen and oxygen atoms in total. The van der Waals surface area contributed by atoms with Gasteiger partial charge in [0.2, 0.25) is 0 Å². The Morgan fingerprint density at radius 1 is 0.966 bits per heavy atom. The van der Waals surface area contributed by atoms with Crippen LogP contribution in [0.25, 0.3) is 11.3 Å². The first kappa shape index (κ1) is 19.3. The van der Waals surface area contributed by atoms with Crippen molar-refractivity contribution in [2.24, 2.45) is 0 Å². The van der Waals surface area contributed by atoms with E-state index in [1.807, 2.05) is 49.4 Å². The van der Waals surface area contributed by atoms with Crippen LogP contribution in [-0.4, -0.2) is 34.9 Å². The number of amides is 1. The molecule has 1 amide bonds. The summed E-state index contributed by atoms with van der Waals surface area (Å²) >= 11 is 0. The number of nitrogens with one attached hydrogen (secondary N) is 1. The van der Waals surface area contributed by atoms with Gasteiger partial charge >= 0.3 is 0 Å². The van der Waals surface area contributed by atoms with Gasteiger partial charge in [-0.2, -0.15) is 0 Å². The van der Waals surface area contributed by atoms with E-state index in [1.165, 1.54) is 5.56 Å². The number of carbonyl (C=O) groups excluding carboxylic acids is 1. The van der Waals surface area contributed by atoms with E-state index in [1.54, 1.807) is 0 Å². The van der Waals surface area contributed by atoms with Crippen LogP contribution in [0.1, 0.15) is 34.5 Å². The summed E-state index contributed by atoms with van der Waals surface area (Å²) in [5.74, 6) is -0.0175. The van der Waals surface area contributed by atoms with Gasteiger partial charge in [-0.15, -0.1) is 0 Å². The summed E-state index contributed by atoms with van der Waals surface area (Å²) in [6.07, 6.45) is 1.96. The number of hydrogen-bond acceptors (Lipinski definition) is 3. The van der Waals surface area contributed by atoms with Gasteiger partial charge in [-0.05, 0) is 37.5 Å². The molecule has 1 fully saturated rings. The number of pyridine rings is 1. The second-order valence-corrected chi connectivity index (χ2v) is 7.70. The Labute approximate surface area is 172 Å². The van der Waals surface area contributed by atoms with E-state index >= 15 is 0 Å². The Bertz CT molecular complexity index is 948. The van der Waals surface area contributed by atoms with Crippen LogP contribution in [0.2, 0.25) is 0 Å². The maximum atomic E-state index is 12.8. The number of rotatable bonds is 5. The molecular weight excluding hydrogens is 358 g/mol. The molecule has 0 radical (unpaired) electrons. The zero-order valence-corrected chi connectivity index (χ0v) is 16.8. The standard InChI is InChI=1S/C25H27N3O/c1-19-23(12-13-24(26-19)21-10-6-3-7-11-21)25(29)27-22-14-16-28(17-15-22)18-20-8-4-2-5-9-20/h2-13,22H,14-18H2,1H3,(H,27,29). The molecule has 0 unspecified atom stereocenters. The molecule has 29 heavy (non-hydrogen) atoms. The number of hydrogen-bond donors (Lipinski definition) is 1. The molecular formula is C25H27N3O. The van der Waals surface area contributed by atoms with Crippen molar-refractivity contribution in [1.82, 2.24) is 15.2 Å². The minimum absolute atomic E-state index is 0.0175. The van der Waals surface area contributed by atoms with Gasteiger partial charge in [0.05, 0.1) is 17.0 Å². The van der Waals surface area contributed by atoms with Gasteiger partial charge in [0, 0.05) is 31.2 Å². The number of aryl methyl sites for hydroxylation is 1. The van der Waals surface area contributed by atoms with Crippen molar-refractivity contribution < 1.29 is 4.79 Å². The zero-order valence-electron chi connectivity index (χ0n) is 16.8. The largest absolute Gasteiger partial charge is 0.349 e. The molecule has 1 aliphatic rings. The van der Waals surface area contributed by atoms with Gasteiger partial charge in [0.15, 0.2) is 0 Å². The lowest BCUT2D eigenvalue weighted by molar-refractivity contribution is 0.0908. The molecule has 2 aromatic carbocycles. The Kier molecular flexibility index (Phi) is 6.01. The maximum absolute atomic E-state index is 12.8. The van der Waals surface area contributed by atoms with Gasteiger partial charge in [-0.1, -0.05) is 60.7 Å². The molecule has 148 valence electrons. The summed E-state index contributed by atoms with van der Waals surface area (Å²) in [5, 5.41) is 3.21. The molecule has 1 aromatic heterocycles. The summed E-state index contributed by atoms with van der Waals surface area (Å²) in [6.45, 7) is 4.89. The summed E-state index contributed by atoms with van der Waals surface area (Å²) in [4.78, 5) is 19.9. The molecule has 0 spiro atoms. The van der Waals surface area contributed by atoms with E-state index < -0.39 is 0 Å². The van der Waals surface area contributed by atoms with Gasteiger partial charge in [-0.3, -0.25) is 14.7 Å². The predicted molar refractivity (Wildman–Crippen MR) is 117 cm³/mol. The van der Waals surface area contributed by atoms with Crippen molar-refractivity contribution in [2.75, 3.05) is 13.1 Å². The minimum atomic E-state index is -0.0175. The minimum Gasteiger partial charge on any atom is -0.349 e. The fourth-order valence-corrected chi connectivity index (χ4v) is 3.91. The van der Waals surface area contributed by atoms with E-state index in [-0.39, 0.29) is 11.9 Å². The third kappa shape index (κ3) is 4.90. The number of aromatic nitrogens is 1. The van der Waals surface area contributed by atoms with Crippen LogP contribution in [0.15, 0.2) is 72.8 Å². The number of likely N-dealkylation sites (tertiary alicyclic amines) is 1. The highest BCUT2D eigenvalue weighted by Gasteiger charge is 2.22. The molecule has 1 N–H and O–H groups in total. The van der Waals surface area contributed by atoms with Gasteiger partial charge < -0.3 is 5.32 Å². The Morgan fingerprint density at radius 3 is 2.28 bits per heavy atom. The Morgan fingerprint density at radius 2 is 1.62 bits per heavy atom. The third-order valence-corrected chi connectivity index (χ3v) is 5.57. The topological polar surface area (TPSA) is 45.2 Å². The van der Waals surface area contributed by atoms with Gasteiger partial charge in [-0.25, -0.2) is 0 Å². The van der Waals surface area contributed by atoms with Crippen LogP contribution in [0.4, 0.5) is 0 Å². The van der Waals surface area contributed by atoms with Crippen molar-refractivity contribution in [3.05, 3.63) is 89.6 Å². The summed E-state index contributed by atoms with van der Waals surface area (Å²) in [6, 6.07) is 24.7. The Balaban J connectivity index is 1.33. The first-order chi connectivity index (χ1) is 14.2. The SMILES string of the molecule is Cc1nc(-c2ccccc2)ccc1C(=O)NC1CCN(Cc2ccccc2)CC1. The van der Waals surface area contributed by atoms with Crippen molar-refractivity contribution >= 4 is 5.91 Å². The van der Waals surface area contributed by atoms with Crippen molar-refractivity contribution in [1.29, 1.82) is 0 Å². The molecule has 0 bridgehead atoms. The number of benzene rings is 2. The van der Waals surface area contributed by atoms with Crippen LogP contribution < -0.4 is 5.32 Å². The molecule has 4 heteroatoms. The average molecular weight is 386 g/mol. The predicted octanol–water partition coefficient (Wildman–Crippen LogP) is 4.45. The van der Waals surface area contributed by atoms with Crippen LogP contribution in [0.3, 0.4) is 0 Å². The molecule has 3 aromatic rings. The highest BCUT2D eigenvalue weighted by atomic mass is 16.1. The zero-order chi connectivity index (χ0) is 20.1. The van der Waals surface area contributed by atoms with Crippen LogP contribution in [0, 0.1) is 6.92 Å². The highest BCUT2D eigenvalue weighted by molar-refractivity contribution is 5.95. The second-order valence-electron chi connectivity index (χ2n) is 7.70. The van der Waals surface area contributed by atoms with E-state index in [4.69, 9.17) is 0 Å². The van der Waals surface area contributed by atoms with Gasteiger partial charge in [0.25, 0.3) is 5.91 Å². The highest BCUT2D eigenvalue weighted by Crippen LogP contribution is 2.19. The van der Waals surface area contributed by atoms with Crippen molar-refractivity contribution in [2.45, 2.75) is 32.4 Å². The van der Waals surface area contributed by atoms with Crippen LogP contribution in [0.5, 0.6) is 0 Å². The lowest BCUT2D eigenvalue weighted by Crippen LogP contribution is -2.44. The van der Waals surface area contributed by atoms with E-state index in [0.717, 1.165) is 49.4 Å². The van der Waals surface area contributed by atoms with E-state index in [0.29, 0.717) is 5.56 Å². The average Bonchev–Trinajstić information content (AvgIpc) is 2.76. The maximum Gasteiger partial charge on any atom is 0.253 e. The normalized spacial score (nSPS) is 15.2. The fraction of sp³-hybridized carbons (Fsp3) is 0.280. The van der Waals surface area contributed by atoms with E-state index in [9.17, 15) is 4.79 Å². The van der Waals surface area contributed by atoms with Crippen LogP contribution in [-0.2, 0) is 6.54 Å². The molecule has 4 rings (SSSR count). The summed E-state index contributed by atoms with van der Waals surface area (Å²) < 4.78 is 0. The van der Waals surface area contributed by atoms with Crippen molar-refractivity contribution in [3.8, 4) is 11.3 Å². The number of nitrogens with zero attached hydrogens (tertiary/aromatic N) is 2. The Hall–Kier alpha value is -2.98. The van der Waals surface area contributed by atoms with E-state index in [2.05, 4.69) is 45.5 Å². The third-order valence-electron chi connectivity index (χ3n) is 5.57. The van der Waals surface area contributed by atoms with Crippen LogP contribution >= 0.6 is 0 Å². The number of piperidine rings is 1. The first-order valence-electron chi connectivity index (χ1n) is 10.3. The molecule has 0 aliphatic carbocycles.